The highest BCUT2D eigenvalue weighted by Gasteiger charge is 2.11. The summed E-state index contributed by atoms with van der Waals surface area (Å²) in [5, 5.41) is 11.8. The van der Waals surface area contributed by atoms with Gasteiger partial charge in [0.25, 0.3) is 0 Å². The summed E-state index contributed by atoms with van der Waals surface area (Å²) in [4.78, 5) is 11.9. The number of carbonyl (C=O) groups excluding carboxylic acids is 1. The van der Waals surface area contributed by atoms with Gasteiger partial charge in [0.15, 0.2) is 0 Å². The van der Waals surface area contributed by atoms with E-state index < -0.39 is 0 Å². The van der Waals surface area contributed by atoms with Gasteiger partial charge in [0.1, 0.15) is 5.75 Å². The molecule has 0 heterocycles. The molecule has 4 nitrogen and oxygen atoms in total. The van der Waals surface area contributed by atoms with Crippen molar-refractivity contribution in [1.29, 1.82) is 0 Å². The molecule has 0 saturated heterocycles. The summed E-state index contributed by atoms with van der Waals surface area (Å²) in [5.41, 5.74) is 1.98. The molecular formula is C15H23NO3. The molecule has 0 radical (unpaired) electrons. The van der Waals surface area contributed by atoms with E-state index in [1.165, 1.54) is 0 Å². The smallest absolute Gasteiger partial charge is 0.224 e. The average molecular weight is 265 g/mol. The lowest BCUT2D eigenvalue weighted by Crippen LogP contribution is -2.36. The van der Waals surface area contributed by atoms with Gasteiger partial charge in [-0.05, 0) is 37.0 Å². The second-order valence-electron chi connectivity index (χ2n) is 4.67. The van der Waals surface area contributed by atoms with Crippen molar-refractivity contribution in [1.82, 2.24) is 5.32 Å². The van der Waals surface area contributed by atoms with Gasteiger partial charge >= 0.3 is 0 Å². The predicted octanol–water partition coefficient (Wildman–Crippen LogP) is 1.82. The van der Waals surface area contributed by atoms with Crippen LogP contribution in [0.15, 0.2) is 18.2 Å². The highest BCUT2D eigenvalue weighted by Crippen LogP contribution is 2.19. The summed E-state index contributed by atoms with van der Waals surface area (Å²) in [6.45, 7) is 4.06. The lowest BCUT2D eigenvalue weighted by Gasteiger charge is -2.16. The van der Waals surface area contributed by atoms with E-state index >= 15 is 0 Å². The molecule has 0 aliphatic heterocycles. The maximum atomic E-state index is 11.9. The van der Waals surface area contributed by atoms with Crippen LogP contribution in [0.5, 0.6) is 5.75 Å². The minimum Gasteiger partial charge on any atom is -0.496 e. The Labute approximate surface area is 114 Å². The van der Waals surface area contributed by atoms with E-state index in [0.29, 0.717) is 12.8 Å². The minimum absolute atomic E-state index is 0.0220. The number of aliphatic hydroxyl groups excluding tert-OH is 1. The van der Waals surface area contributed by atoms with Gasteiger partial charge in [-0.3, -0.25) is 4.79 Å². The molecule has 0 bridgehead atoms. The second kappa shape index (κ2) is 7.79. The first-order valence-corrected chi connectivity index (χ1v) is 6.64. The molecule has 0 saturated carbocycles. The van der Waals surface area contributed by atoms with Crippen LogP contribution in [0.2, 0.25) is 0 Å². The van der Waals surface area contributed by atoms with Gasteiger partial charge in [0, 0.05) is 12.6 Å². The molecule has 1 aromatic rings. The highest BCUT2D eigenvalue weighted by atomic mass is 16.5. The van der Waals surface area contributed by atoms with Crippen molar-refractivity contribution in [2.45, 2.75) is 39.2 Å². The minimum atomic E-state index is -0.0220. The lowest BCUT2D eigenvalue weighted by atomic mass is 10.1. The van der Waals surface area contributed by atoms with Gasteiger partial charge in [-0.2, -0.15) is 0 Å². The molecule has 1 amide bonds. The maximum Gasteiger partial charge on any atom is 0.224 e. The summed E-state index contributed by atoms with van der Waals surface area (Å²) >= 11 is 0. The number of ether oxygens (including phenoxy) is 1. The molecule has 1 atom stereocenters. The van der Waals surface area contributed by atoms with Crippen LogP contribution in [-0.4, -0.2) is 30.8 Å². The molecule has 1 rings (SSSR count). The zero-order valence-electron chi connectivity index (χ0n) is 11.9. The number of carbonyl (C=O) groups is 1. The SMILES string of the molecule is CCC(CCO)NC(=O)Cc1ccc(C)c(OC)c1. The van der Waals surface area contributed by atoms with E-state index in [1.807, 2.05) is 32.0 Å². The number of aliphatic hydroxyl groups is 1. The number of methoxy groups -OCH3 is 1. The summed E-state index contributed by atoms with van der Waals surface area (Å²) in [6.07, 6.45) is 1.75. The Balaban J connectivity index is 2.61. The summed E-state index contributed by atoms with van der Waals surface area (Å²) in [7, 11) is 1.63. The Hall–Kier alpha value is -1.55. The molecule has 0 spiro atoms. The first kappa shape index (κ1) is 15.5. The van der Waals surface area contributed by atoms with Crippen LogP contribution in [0.4, 0.5) is 0 Å². The molecule has 0 fully saturated rings. The summed E-state index contributed by atoms with van der Waals surface area (Å²) < 4.78 is 5.24. The normalized spacial score (nSPS) is 12.0. The van der Waals surface area contributed by atoms with Crippen LogP contribution in [0, 0.1) is 6.92 Å². The Morgan fingerprint density at radius 2 is 2.21 bits per heavy atom. The van der Waals surface area contributed by atoms with Crippen molar-refractivity contribution >= 4 is 5.91 Å². The van der Waals surface area contributed by atoms with Crippen molar-refractivity contribution in [2.75, 3.05) is 13.7 Å². The standard InChI is InChI=1S/C15H23NO3/c1-4-13(7-8-17)16-15(18)10-12-6-5-11(2)14(9-12)19-3/h5-6,9,13,17H,4,7-8,10H2,1-3H3,(H,16,18). The summed E-state index contributed by atoms with van der Waals surface area (Å²) in [6, 6.07) is 5.82. The lowest BCUT2D eigenvalue weighted by molar-refractivity contribution is -0.121. The number of benzene rings is 1. The van der Waals surface area contributed by atoms with Gasteiger partial charge < -0.3 is 15.2 Å². The molecule has 1 unspecified atom stereocenters. The fraction of sp³-hybridized carbons (Fsp3) is 0.533. The van der Waals surface area contributed by atoms with E-state index in [1.54, 1.807) is 7.11 Å². The Morgan fingerprint density at radius 1 is 1.47 bits per heavy atom. The van der Waals surface area contributed by atoms with Crippen LogP contribution in [-0.2, 0) is 11.2 Å². The third-order valence-electron chi connectivity index (χ3n) is 3.17. The van der Waals surface area contributed by atoms with Crippen LogP contribution < -0.4 is 10.1 Å². The maximum absolute atomic E-state index is 11.9. The van der Waals surface area contributed by atoms with Gasteiger partial charge in [-0.15, -0.1) is 0 Å². The quantitative estimate of drug-likeness (QED) is 0.790. The zero-order valence-corrected chi connectivity index (χ0v) is 11.9. The Morgan fingerprint density at radius 3 is 2.79 bits per heavy atom. The predicted molar refractivity (Wildman–Crippen MR) is 75.4 cm³/mol. The number of aryl methyl sites for hydroxylation is 1. The van der Waals surface area contributed by atoms with E-state index in [2.05, 4.69) is 5.32 Å². The third-order valence-corrected chi connectivity index (χ3v) is 3.17. The van der Waals surface area contributed by atoms with Crippen LogP contribution in [0.3, 0.4) is 0 Å². The van der Waals surface area contributed by atoms with E-state index in [9.17, 15) is 4.79 Å². The van der Waals surface area contributed by atoms with Gasteiger partial charge in [0.05, 0.1) is 13.5 Å². The largest absolute Gasteiger partial charge is 0.496 e. The topological polar surface area (TPSA) is 58.6 Å². The number of hydrogen-bond donors (Lipinski definition) is 2. The number of amides is 1. The zero-order chi connectivity index (χ0) is 14.3. The van der Waals surface area contributed by atoms with Crippen molar-refractivity contribution in [3.05, 3.63) is 29.3 Å². The van der Waals surface area contributed by atoms with Crippen LogP contribution in [0.1, 0.15) is 30.9 Å². The van der Waals surface area contributed by atoms with Gasteiger partial charge in [-0.25, -0.2) is 0 Å². The first-order chi connectivity index (χ1) is 9.10. The first-order valence-electron chi connectivity index (χ1n) is 6.64. The average Bonchev–Trinajstić information content (AvgIpc) is 2.40. The second-order valence-corrected chi connectivity index (χ2v) is 4.67. The van der Waals surface area contributed by atoms with Gasteiger partial charge in [-0.1, -0.05) is 19.1 Å². The van der Waals surface area contributed by atoms with E-state index in [-0.39, 0.29) is 18.6 Å². The Bertz CT molecular complexity index is 418. The van der Waals surface area contributed by atoms with Crippen molar-refractivity contribution in [2.24, 2.45) is 0 Å². The van der Waals surface area contributed by atoms with Crippen molar-refractivity contribution in [3.8, 4) is 5.75 Å². The molecule has 0 aromatic heterocycles. The molecule has 106 valence electrons. The van der Waals surface area contributed by atoms with Crippen LogP contribution >= 0.6 is 0 Å². The fourth-order valence-electron chi connectivity index (χ4n) is 1.97. The molecule has 0 aliphatic rings. The molecule has 1 aromatic carbocycles. The Kier molecular flexibility index (Phi) is 6.36. The van der Waals surface area contributed by atoms with E-state index in [4.69, 9.17) is 9.84 Å². The highest BCUT2D eigenvalue weighted by molar-refractivity contribution is 5.79. The van der Waals surface area contributed by atoms with Gasteiger partial charge in [0.2, 0.25) is 5.91 Å². The number of nitrogens with one attached hydrogen (secondary N) is 1. The van der Waals surface area contributed by atoms with Crippen molar-refractivity contribution in [3.63, 3.8) is 0 Å². The molecule has 4 heteroatoms. The molecular weight excluding hydrogens is 242 g/mol. The molecule has 2 N–H and O–H groups in total. The summed E-state index contributed by atoms with van der Waals surface area (Å²) in [5.74, 6) is 0.777. The monoisotopic (exact) mass is 265 g/mol. The molecule has 0 aliphatic carbocycles. The fourth-order valence-corrected chi connectivity index (χ4v) is 1.97. The van der Waals surface area contributed by atoms with Crippen LogP contribution in [0.25, 0.3) is 0 Å². The number of rotatable bonds is 7. The van der Waals surface area contributed by atoms with E-state index in [0.717, 1.165) is 23.3 Å². The molecule has 19 heavy (non-hydrogen) atoms. The van der Waals surface area contributed by atoms with Crippen molar-refractivity contribution < 1.29 is 14.6 Å². The third kappa shape index (κ3) is 4.91. The number of hydrogen-bond acceptors (Lipinski definition) is 3.